The molecular weight excluding hydrogens is 334 g/mol. The van der Waals surface area contributed by atoms with E-state index in [2.05, 4.69) is 4.98 Å². The fraction of sp³-hybridized carbons (Fsp3) is 0.412. The molecule has 6 nitrogen and oxygen atoms in total. The van der Waals surface area contributed by atoms with Gasteiger partial charge in [0.05, 0.1) is 6.61 Å². The number of carboxylic acid groups (broad SMARTS) is 1. The van der Waals surface area contributed by atoms with Crippen LogP contribution in [0, 0.1) is 17.0 Å². The molecular formula is C17H20F2N2O4. The fourth-order valence-electron chi connectivity index (χ4n) is 2.91. The molecule has 2 N–H and O–H groups in total. The first-order chi connectivity index (χ1) is 12.0. The Morgan fingerprint density at radius 1 is 1.24 bits per heavy atom. The number of aliphatic hydroxyl groups excluding tert-OH is 1. The van der Waals surface area contributed by atoms with E-state index in [0.717, 1.165) is 18.9 Å². The van der Waals surface area contributed by atoms with E-state index >= 15 is 0 Å². The molecule has 0 aliphatic carbocycles. The molecule has 8 heteroatoms. The van der Waals surface area contributed by atoms with Crippen molar-refractivity contribution in [2.75, 3.05) is 19.8 Å². The molecule has 25 heavy (non-hydrogen) atoms. The molecule has 1 fully saturated rings. The molecule has 0 bridgehead atoms. The Morgan fingerprint density at radius 2 is 1.84 bits per heavy atom. The van der Waals surface area contributed by atoms with Gasteiger partial charge < -0.3 is 19.5 Å². The van der Waals surface area contributed by atoms with Crippen LogP contribution in [0.3, 0.4) is 0 Å². The number of halogens is 2. The summed E-state index contributed by atoms with van der Waals surface area (Å²) in [4.78, 5) is 12.6. The highest BCUT2D eigenvalue weighted by Gasteiger charge is 2.33. The molecule has 0 saturated carbocycles. The molecule has 0 unspecified atom stereocenters. The minimum absolute atomic E-state index is 0.0471. The van der Waals surface area contributed by atoms with E-state index in [1.165, 1.54) is 12.1 Å². The van der Waals surface area contributed by atoms with Crippen molar-refractivity contribution in [2.24, 2.45) is 5.41 Å². The molecule has 2 heterocycles. The van der Waals surface area contributed by atoms with Gasteiger partial charge in [0.1, 0.15) is 17.5 Å². The minimum Gasteiger partial charge on any atom is -0.483 e. The summed E-state index contributed by atoms with van der Waals surface area (Å²) in [6, 6.07) is 3.36. The van der Waals surface area contributed by atoms with E-state index in [0.29, 0.717) is 31.1 Å². The van der Waals surface area contributed by atoms with Gasteiger partial charge in [-0.25, -0.2) is 13.8 Å². The van der Waals surface area contributed by atoms with E-state index in [-0.39, 0.29) is 18.5 Å². The van der Waals surface area contributed by atoms with E-state index in [1.807, 2.05) is 4.57 Å². The third-order valence-corrected chi connectivity index (χ3v) is 4.23. The van der Waals surface area contributed by atoms with Crippen molar-refractivity contribution in [3.63, 3.8) is 0 Å². The average Bonchev–Trinajstić information content (AvgIpc) is 3.03. The van der Waals surface area contributed by atoms with Crippen molar-refractivity contribution in [1.82, 2.24) is 9.55 Å². The predicted octanol–water partition coefficient (Wildman–Crippen LogP) is 2.32. The van der Waals surface area contributed by atoms with Crippen LogP contribution in [-0.2, 0) is 16.1 Å². The van der Waals surface area contributed by atoms with Crippen LogP contribution in [0.5, 0.6) is 0 Å². The Labute approximate surface area is 143 Å². The maximum Gasteiger partial charge on any atom is 0.290 e. The van der Waals surface area contributed by atoms with Crippen LogP contribution in [0.25, 0.3) is 11.4 Å². The second-order valence-electron chi connectivity index (χ2n) is 5.91. The lowest BCUT2D eigenvalue weighted by Gasteiger charge is -2.36. The first-order valence-corrected chi connectivity index (χ1v) is 7.77. The van der Waals surface area contributed by atoms with Crippen molar-refractivity contribution in [1.29, 1.82) is 0 Å². The first-order valence-electron chi connectivity index (χ1n) is 7.77. The highest BCUT2D eigenvalue weighted by Crippen LogP contribution is 2.33. The second kappa shape index (κ2) is 8.68. The van der Waals surface area contributed by atoms with Crippen LogP contribution in [0.2, 0.25) is 0 Å². The number of imidazole rings is 1. The molecule has 1 aliphatic heterocycles. The summed E-state index contributed by atoms with van der Waals surface area (Å²) in [5.74, 6) is -0.766. The number of carbonyl (C=O) groups is 1. The number of aliphatic hydroxyl groups is 1. The van der Waals surface area contributed by atoms with Crippen molar-refractivity contribution in [3.05, 3.63) is 42.2 Å². The number of hydrogen-bond acceptors (Lipinski definition) is 4. The van der Waals surface area contributed by atoms with E-state index in [4.69, 9.17) is 14.6 Å². The number of aromatic nitrogens is 2. The maximum atomic E-state index is 13.4. The Morgan fingerprint density at radius 3 is 2.40 bits per heavy atom. The average molecular weight is 354 g/mol. The Bertz CT molecular complexity index is 679. The van der Waals surface area contributed by atoms with Gasteiger partial charge in [-0.3, -0.25) is 4.79 Å². The molecule has 1 aromatic heterocycles. The normalized spacial score (nSPS) is 16.0. The van der Waals surface area contributed by atoms with Crippen LogP contribution < -0.4 is 0 Å². The predicted molar refractivity (Wildman–Crippen MR) is 85.8 cm³/mol. The zero-order chi connectivity index (χ0) is 18.3. The van der Waals surface area contributed by atoms with Crippen LogP contribution in [0.15, 0.2) is 30.6 Å². The van der Waals surface area contributed by atoms with E-state index in [9.17, 15) is 13.9 Å². The molecule has 0 amide bonds. The SMILES string of the molecule is O=CO.OCC1(Cn2ccnc2-c2cc(F)cc(F)c2)CCOCC1. The van der Waals surface area contributed by atoms with Crippen molar-refractivity contribution in [2.45, 2.75) is 19.4 Å². The third-order valence-electron chi connectivity index (χ3n) is 4.23. The van der Waals surface area contributed by atoms with Gasteiger partial charge in [0.25, 0.3) is 6.47 Å². The fourth-order valence-corrected chi connectivity index (χ4v) is 2.91. The highest BCUT2D eigenvalue weighted by molar-refractivity contribution is 5.55. The maximum absolute atomic E-state index is 13.4. The van der Waals surface area contributed by atoms with Crippen molar-refractivity contribution >= 4 is 6.47 Å². The number of rotatable bonds is 4. The van der Waals surface area contributed by atoms with E-state index < -0.39 is 11.6 Å². The summed E-state index contributed by atoms with van der Waals surface area (Å²) in [6.07, 6.45) is 4.87. The number of benzene rings is 1. The summed E-state index contributed by atoms with van der Waals surface area (Å²) in [5, 5.41) is 16.7. The van der Waals surface area contributed by atoms with Gasteiger partial charge in [-0.1, -0.05) is 0 Å². The molecule has 1 aromatic carbocycles. The molecule has 0 atom stereocenters. The summed E-state index contributed by atoms with van der Waals surface area (Å²) in [6.45, 7) is 1.56. The van der Waals surface area contributed by atoms with Gasteiger partial charge in [0, 0.05) is 49.2 Å². The van der Waals surface area contributed by atoms with Gasteiger partial charge in [-0.2, -0.15) is 0 Å². The van der Waals surface area contributed by atoms with Gasteiger partial charge in [0.2, 0.25) is 0 Å². The van der Waals surface area contributed by atoms with Gasteiger partial charge in [0.15, 0.2) is 0 Å². The van der Waals surface area contributed by atoms with Crippen LogP contribution in [0.1, 0.15) is 12.8 Å². The van der Waals surface area contributed by atoms with E-state index in [1.54, 1.807) is 12.4 Å². The molecule has 0 spiro atoms. The molecule has 2 aromatic rings. The summed E-state index contributed by atoms with van der Waals surface area (Å²) in [7, 11) is 0. The van der Waals surface area contributed by atoms with Gasteiger partial charge in [-0.05, 0) is 25.0 Å². The van der Waals surface area contributed by atoms with Crippen LogP contribution in [0.4, 0.5) is 8.78 Å². The smallest absolute Gasteiger partial charge is 0.290 e. The monoisotopic (exact) mass is 354 g/mol. The van der Waals surface area contributed by atoms with Crippen molar-refractivity contribution in [3.8, 4) is 11.4 Å². The highest BCUT2D eigenvalue weighted by atomic mass is 19.1. The number of hydrogen-bond donors (Lipinski definition) is 2. The van der Waals surface area contributed by atoms with Crippen LogP contribution >= 0.6 is 0 Å². The zero-order valence-corrected chi connectivity index (χ0v) is 13.6. The van der Waals surface area contributed by atoms with Crippen LogP contribution in [-0.4, -0.2) is 46.1 Å². The topological polar surface area (TPSA) is 84.6 Å². The summed E-state index contributed by atoms with van der Waals surface area (Å²) in [5.41, 5.74) is 0.113. The van der Waals surface area contributed by atoms with Gasteiger partial charge >= 0.3 is 0 Å². The lowest BCUT2D eigenvalue weighted by molar-refractivity contribution is -0.122. The standard InChI is InChI=1S/C16H18F2N2O2.CH2O2/c17-13-7-12(8-14(18)9-13)15-19-3-4-20(15)10-16(11-21)1-5-22-6-2-16;2-1-3/h3-4,7-9,21H,1-2,5-6,10-11H2;1H,(H,2,3). The lowest BCUT2D eigenvalue weighted by Crippen LogP contribution is -2.37. The summed E-state index contributed by atoms with van der Waals surface area (Å²) < 4.78 is 34.0. The Kier molecular flexibility index (Phi) is 6.60. The second-order valence-corrected chi connectivity index (χ2v) is 5.91. The summed E-state index contributed by atoms with van der Waals surface area (Å²) >= 11 is 0. The largest absolute Gasteiger partial charge is 0.483 e. The quantitative estimate of drug-likeness (QED) is 0.823. The van der Waals surface area contributed by atoms with Gasteiger partial charge in [-0.15, -0.1) is 0 Å². The number of nitrogens with zero attached hydrogens (tertiary/aromatic N) is 2. The number of ether oxygens (including phenoxy) is 1. The molecule has 1 aliphatic rings. The van der Waals surface area contributed by atoms with Crippen molar-refractivity contribution < 1.29 is 28.5 Å². The minimum atomic E-state index is -0.632. The lowest BCUT2D eigenvalue weighted by atomic mass is 9.81. The Hall–Kier alpha value is -2.32. The molecule has 3 rings (SSSR count). The Balaban J connectivity index is 0.000000701. The molecule has 136 valence electrons. The first kappa shape index (κ1) is 19.0. The third kappa shape index (κ3) is 4.83. The molecule has 1 saturated heterocycles. The molecule has 0 radical (unpaired) electrons. The zero-order valence-electron chi connectivity index (χ0n) is 13.6.